The van der Waals surface area contributed by atoms with Gasteiger partial charge < -0.3 is 10.4 Å². The molecule has 0 spiro atoms. The predicted molar refractivity (Wildman–Crippen MR) is 125 cm³/mol. The number of hydrogen-bond acceptors (Lipinski definition) is 5. The molecular formula is C24H26N6O3. The van der Waals surface area contributed by atoms with Gasteiger partial charge in [-0.25, -0.2) is 14.3 Å². The van der Waals surface area contributed by atoms with Gasteiger partial charge in [0.1, 0.15) is 11.3 Å². The largest absolute Gasteiger partial charge is 0.477 e. The van der Waals surface area contributed by atoms with Crippen LogP contribution in [0.1, 0.15) is 59.9 Å². The summed E-state index contributed by atoms with van der Waals surface area (Å²) in [5.41, 5.74) is 4.03. The van der Waals surface area contributed by atoms with Crippen LogP contribution in [0.3, 0.4) is 0 Å². The number of nitrogens with one attached hydrogen (secondary N) is 1. The number of hydrogen-bond donors (Lipinski definition) is 2. The van der Waals surface area contributed by atoms with Gasteiger partial charge in [-0.15, -0.1) is 0 Å². The summed E-state index contributed by atoms with van der Waals surface area (Å²) in [5, 5.41) is 21.5. The predicted octanol–water partition coefficient (Wildman–Crippen LogP) is 3.94. The summed E-state index contributed by atoms with van der Waals surface area (Å²) in [6.45, 7) is 7.99. The zero-order valence-corrected chi connectivity index (χ0v) is 19.2. The van der Waals surface area contributed by atoms with Crippen molar-refractivity contribution in [1.82, 2.24) is 24.4 Å². The number of rotatable bonds is 5. The second-order valence-electron chi connectivity index (χ2n) is 8.87. The molecule has 0 saturated carbocycles. The maximum atomic E-state index is 12.9. The van der Waals surface area contributed by atoms with E-state index >= 15 is 0 Å². The Bertz CT molecular complexity index is 1380. The molecule has 9 nitrogen and oxygen atoms in total. The van der Waals surface area contributed by atoms with E-state index in [1.54, 1.807) is 40.6 Å². The average molecular weight is 447 g/mol. The van der Waals surface area contributed by atoms with Gasteiger partial charge in [0.15, 0.2) is 5.65 Å². The molecule has 0 bridgehead atoms. The zero-order valence-electron chi connectivity index (χ0n) is 19.2. The lowest BCUT2D eigenvalue weighted by Crippen LogP contribution is -2.16. The second-order valence-corrected chi connectivity index (χ2v) is 8.87. The molecule has 0 aliphatic heterocycles. The molecule has 0 unspecified atom stereocenters. The molecule has 3 heterocycles. The molecule has 2 N–H and O–H groups in total. The Morgan fingerprint density at radius 3 is 2.52 bits per heavy atom. The quantitative estimate of drug-likeness (QED) is 0.480. The van der Waals surface area contributed by atoms with Crippen LogP contribution < -0.4 is 5.32 Å². The fourth-order valence-corrected chi connectivity index (χ4v) is 3.67. The number of carbonyl (C=O) groups is 2. The van der Waals surface area contributed by atoms with Gasteiger partial charge in [-0.1, -0.05) is 39.8 Å². The Hall–Kier alpha value is -4.01. The minimum Gasteiger partial charge on any atom is -0.477 e. The number of carboxylic acids is 1. The zero-order chi connectivity index (χ0) is 23.9. The smallest absolute Gasteiger partial charge is 0.341 e. The molecule has 0 atom stereocenters. The van der Waals surface area contributed by atoms with Crippen LogP contribution in [0.15, 0.2) is 42.6 Å². The Morgan fingerprint density at radius 2 is 1.88 bits per heavy atom. The van der Waals surface area contributed by atoms with Crippen molar-refractivity contribution in [3.8, 4) is 11.3 Å². The van der Waals surface area contributed by atoms with Crippen LogP contribution in [0, 0.1) is 0 Å². The van der Waals surface area contributed by atoms with Gasteiger partial charge in [0, 0.05) is 29.9 Å². The number of aromatic carboxylic acids is 1. The van der Waals surface area contributed by atoms with Crippen molar-refractivity contribution in [3.05, 3.63) is 65.2 Å². The highest BCUT2D eigenvalue weighted by Crippen LogP contribution is 2.26. The molecule has 0 aliphatic rings. The maximum absolute atomic E-state index is 12.9. The Morgan fingerprint density at radius 1 is 1.12 bits per heavy atom. The molecule has 0 aliphatic carbocycles. The van der Waals surface area contributed by atoms with Crippen LogP contribution in [0.2, 0.25) is 0 Å². The number of carbonyl (C=O) groups excluding carboxylic acids is 1. The summed E-state index contributed by atoms with van der Waals surface area (Å²) in [5.74, 6) is -1.32. The van der Waals surface area contributed by atoms with Crippen molar-refractivity contribution in [1.29, 1.82) is 0 Å². The first-order valence-corrected chi connectivity index (χ1v) is 10.7. The van der Waals surface area contributed by atoms with Crippen LogP contribution in [0.5, 0.6) is 0 Å². The first kappa shape index (κ1) is 22.2. The number of aromatic nitrogens is 5. The molecule has 3 aromatic heterocycles. The van der Waals surface area contributed by atoms with Crippen molar-refractivity contribution >= 4 is 23.2 Å². The van der Waals surface area contributed by atoms with E-state index in [4.69, 9.17) is 0 Å². The SMILES string of the molecule is CCc1nn2c(-c3cccc(NC(=O)c4cc(C(C)(C)C)nn4C)c3)ccnc2c1C(=O)O. The molecule has 170 valence electrons. The standard InChI is InChI=1S/C24H26N6O3/c1-6-16-20(23(32)33)21-25-11-10-17(30(21)27-16)14-8-7-9-15(12-14)26-22(31)18-13-19(24(2,3)4)28-29(18)5/h7-13H,6H2,1-5H3,(H,26,31)(H,32,33). The molecule has 0 fully saturated rings. The van der Waals surface area contributed by atoms with E-state index in [-0.39, 0.29) is 22.5 Å². The van der Waals surface area contributed by atoms with Crippen LogP contribution in [0.4, 0.5) is 5.69 Å². The van der Waals surface area contributed by atoms with E-state index < -0.39 is 5.97 Å². The summed E-state index contributed by atoms with van der Waals surface area (Å²) >= 11 is 0. The van der Waals surface area contributed by atoms with Crippen molar-refractivity contribution < 1.29 is 14.7 Å². The first-order chi connectivity index (χ1) is 15.6. The van der Waals surface area contributed by atoms with Gasteiger partial charge in [-0.05, 0) is 30.7 Å². The highest BCUT2D eigenvalue weighted by molar-refractivity contribution is 6.03. The van der Waals surface area contributed by atoms with Gasteiger partial charge in [-0.3, -0.25) is 9.48 Å². The third kappa shape index (κ3) is 4.09. The molecule has 9 heteroatoms. The second kappa shape index (κ2) is 8.16. The summed E-state index contributed by atoms with van der Waals surface area (Å²) in [6.07, 6.45) is 2.04. The maximum Gasteiger partial charge on any atom is 0.341 e. The number of carboxylic acid groups (broad SMARTS) is 1. The molecule has 4 aromatic rings. The van der Waals surface area contributed by atoms with Gasteiger partial charge >= 0.3 is 5.97 Å². The van der Waals surface area contributed by atoms with E-state index in [1.165, 1.54) is 0 Å². The summed E-state index contributed by atoms with van der Waals surface area (Å²) in [7, 11) is 1.75. The minimum absolute atomic E-state index is 0.106. The molecule has 1 aromatic carbocycles. The van der Waals surface area contributed by atoms with E-state index in [0.29, 0.717) is 29.2 Å². The number of benzene rings is 1. The first-order valence-electron chi connectivity index (χ1n) is 10.7. The van der Waals surface area contributed by atoms with Crippen LogP contribution in [-0.4, -0.2) is 41.4 Å². The fourth-order valence-electron chi connectivity index (χ4n) is 3.67. The Labute approximate surface area is 191 Å². The molecular weight excluding hydrogens is 420 g/mol. The number of amides is 1. The molecule has 4 rings (SSSR count). The Kier molecular flexibility index (Phi) is 5.49. The number of aryl methyl sites for hydroxylation is 2. The summed E-state index contributed by atoms with van der Waals surface area (Å²) in [4.78, 5) is 28.9. The third-order valence-electron chi connectivity index (χ3n) is 5.44. The van der Waals surface area contributed by atoms with E-state index in [0.717, 1.165) is 11.3 Å². The van der Waals surface area contributed by atoms with E-state index in [2.05, 4.69) is 20.5 Å². The van der Waals surface area contributed by atoms with E-state index in [9.17, 15) is 14.7 Å². The summed E-state index contributed by atoms with van der Waals surface area (Å²) in [6, 6.07) is 10.9. The number of fused-ring (bicyclic) bond motifs is 1. The van der Waals surface area contributed by atoms with Crippen LogP contribution in [-0.2, 0) is 18.9 Å². The van der Waals surface area contributed by atoms with Gasteiger partial charge in [0.05, 0.1) is 17.1 Å². The van der Waals surface area contributed by atoms with Gasteiger partial charge in [-0.2, -0.15) is 10.2 Å². The lowest BCUT2D eigenvalue weighted by molar-refractivity contribution is 0.0697. The highest BCUT2D eigenvalue weighted by atomic mass is 16.4. The fraction of sp³-hybridized carbons (Fsp3) is 0.292. The van der Waals surface area contributed by atoms with Crippen molar-refractivity contribution in [2.45, 2.75) is 39.5 Å². The monoisotopic (exact) mass is 446 g/mol. The molecule has 0 radical (unpaired) electrons. The van der Waals surface area contributed by atoms with Crippen molar-refractivity contribution in [3.63, 3.8) is 0 Å². The van der Waals surface area contributed by atoms with E-state index in [1.807, 2.05) is 45.9 Å². The van der Waals surface area contributed by atoms with Gasteiger partial charge in [0.2, 0.25) is 0 Å². The lowest BCUT2D eigenvalue weighted by Gasteiger charge is -2.13. The molecule has 1 amide bonds. The number of anilines is 1. The van der Waals surface area contributed by atoms with Crippen molar-refractivity contribution in [2.75, 3.05) is 5.32 Å². The van der Waals surface area contributed by atoms with Gasteiger partial charge in [0.25, 0.3) is 5.91 Å². The molecule has 33 heavy (non-hydrogen) atoms. The minimum atomic E-state index is -1.06. The molecule has 0 saturated heterocycles. The average Bonchev–Trinajstić information content (AvgIpc) is 3.34. The summed E-state index contributed by atoms with van der Waals surface area (Å²) < 4.78 is 3.12. The highest BCUT2D eigenvalue weighted by Gasteiger charge is 2.23. The third-order valence-corrected chi connectivity index (χ3v) is 5.44. The normalized spacial score (nSPS) is 11.7. The van der Waals surface area contributed by atoms with Crippen LogP contribution in [0.25, 0.3) is 16.9 Å². The number of nitrogens with zero attached hydrogens (tertiary/aromatic N) is 5. The topological polar surface area (TPSA) is 114 Å². The van der Waals surface area contributed by atoms with Crippen molar-refractivity contribution in [2.24, 2.45) is 7.05 Å². The Balaban J connectivity index is 1.70. The lowest BCUT2D eigenvalue weighted by atomic mass is 9.92. The van der Waals surface area contributed by atoms with Crippen LogP contribution >= 0.6 is 0 Å².